The Morgan fingerprint density at radius 3 is 2.52 bits per heavy atom. The summed E-state index contributed by atoms with van der Waals surface area (Å²) in [6.07, 6.45) is 5.51. The average molecular weight is 380 g/mol. The summed E-state index contributed by atoms with van der Waals surface area (Å²) >= 11 is 1.45. The molecular formula is C21H20N2O3S. The monoisotopic (exact) mass is 380 g/mol. The van der Waals surface area contributed by atoms with Crippen LogP contribution in [-0.2, 0) is 11.3 Å². The summed E-state index contributed by atoms with van der Waals surface area (Å²) in [4.78, 5) is 17.1. The highest BCUT2D eigenvalue weighted by molar-refractivity contribution is 7.16. The van der Waals surface area contributed by atoms with E-state index in [0.717, 1.165) is 16.0 Å². The number of thiazole rings is 1. The third-order valence-corrected chi connectivity index (χ3v) is 5.23. The van der Waals surface area contributed by atoms with Gasteiger partial charge in [-0.2, -0.15) is 4.99 Å². The Kier molecular flexibility index (Phi) is 5.63. The Morgan fingerprint density at radius 2 is 1.85 bits per heavy atom. The van der Waals surface area contributed by atoms with E-state index in [1.165, 1.54) is 22.5 Å². The predicted molar refractivity (Wildman–Crippen MR) is 107 cm³/mol. The maximum Gasteiger partial charge on any atom is 0.286 e. The van der Waals surface area contributed by atoms with Crippen molar-refractivity contribution in [1.82, 2.24) is 4.57 Å². The first kappa shape index (κ1) is 18.7. The number of fused-ring (bicyclic) bond motifs is 1. The predicted octanol–water partition coefficient (Wildman–Crippen LogP) is 3.47. The van der Waals surface area contributed by atoms with Gasteiger partial charge in [0.2, 0.25) is 0 Å². The fourth-order valence-electron chi connectivity index (χ4n) is 2.61. The highest BCUT2D eigenvalue weighted by Crippen LogP contribution is 2.22. The average Bonchev–Trinajstić information content (AvgIpc) is 2.97. The summed E-state index contributed by atoms with van der Waals surface area (Å²) in [5.74, 6) is 3.58. The van der Waals surface area contributed by atoms with Gasteiger partial charge >= 0.3 is 0 Å². The van der Waals surface area contributed by atoms with Gasteiger partial charge in [0, 0.05) is 0 Å². The van der Waals surface area contributed by atoms with E-state index < -0.39 is 0 Å². The fraction of sp³-hybridized carbons (Fsp3) is 0.238. The van der Waals surface area contributed by atoms with E-state index in [2.05, 4.69) is 36.9 Å². The third kappa shape index (κ3) is 4.21. The molecule has 0 bridgehead atoms. The smallest absolute Gasteiger partial charge is 0.286 e. The number of rotatable bonds is 5. The maximum atomic E-state index is 12.3. The summed E-state index contributed by atoms with van der Waals surface area (Å²) in [5.41, 5.74) is 3.35. The molecule has 0 saturated heterocycles. The van der Waals surface area contributed by atoms with Crippen molar-refractivity contribution in [3.05, 3.63) is 52.3 Å². The normalized spacial score (nSPS) is 11.4. The summed E-state index contributed by atoms with van der Waals surface area (Å²) in [5, 5.41) is 0. The highest BCUT2D eigenvalue weighted by atomic mass is 32.1. The van der Waals surface area contributed by atoms with Crippen LogP contribution in [0.15, 0.2) is 41.4 Å². The van der Waals surface area contributed by atoms with Crippen LogP contribution in [0.2, 0.25) is 0 Å². The van der Waals surface area contributed by atoms with Crippen LogP contribution in [0.25, 0.3) is 10.2 Å². The van der Waals surface area contributed by atoms with Crippen molar-refractivity contribution in [1.29, 1.82) is 0 Å². The number of nitrogens with zero attached hydrogens (tertiary/aromatic N) is 2. The van der Waals surface area contributed by atoms with E-state index >= 15 is 0 Å². The summed E-state index contributed by atoms with van der Waals surface area (Å²) in [6.45, 7) is 4.32. The lowest BCUT2D eigenvalue weighted by Crippen LogP contribution is -2.19. The zero-order valence-corrected chi connectivity index (χ0v) is 16.3. The van der Waals surface area contributed by atoms with Gasteiger partial charge in [0.25, 0.3) is 5.91 Å². The lowest BCUT2D eigenvalue weighted by Gasteiger charge is -2.05. The molecular weight excluding hydrogens is 360 g/mol. The Bertz CT molecular complexity index is 1090. The molecule has 0 saturated carbocycles. The van der Waals surface area contributed by atoms with Crippen molar-refractivity contribution >= 4 is 27.5 Å². The van der Waals surface area contributed by atoms with Crippen molar-refractivity contribution in [3.8, 4) is 23.8 Å². The number of benzene rings is 2. The Hall–Kier alpha value is -3.04. The van der Waals surface area contributed by atoms with E-state index in [1.807, 2.05) is 4.57 Å². The van der Waals surface area contributed by atoms with Gasteiger partial charge in [-0.15, -0.1) is 6.42 Å². The van der Waals surface area contributed by atoms with Gasteiger partial charge in [0.1, 0.15) is 11.5 Å². The first-order valence-corrected chi connectivity index (χ1v) is 9.22. The van der Waals surface area contributed by atoms with Crippen LogP contribution in [0, 0.1) is 26.2 Å². The molecule has 1 amide bonds. The molecule has 0 N–H and O–H groups in total. The largest absolute Gasteiger partial charge is 0.497 e. The molecule has 0 radical (unpaired) electrons. The van der Waals surface area contributed by atoms with Crippen molar-refractivity contribution in [2.24, 2.45) is 4.99 Å². The number of terminal acetylenes is 1. The Balaban J connectivity index is 1.86. The zero-order valence-electron chi connectivity index (χ0n) is 15.5. The van der Waals surface area contributed by atoms with Crippen LogP contribution in [0.3, 0.4) is 0 Å². The SMILES string of the molecule is C#CCn1c(=NC(=O)COc2ccc(OC)cc2)sc2cc(C)c(C)cc21. The van der Waals surface area contributed by atoms with Crippen LogP contribution >= 0.6 is 11.3 Å². The van der Waals surface area contributed by atoms with Gasteiger partial charge in [-0.1, -0.05) is 17.3 Å². The zero-order chi connectivity index (χ0) is 19.4. The number of hydrogen-bond acceptors (Lipinski definition) is 4. The van der Waals surface area contributed by atoms with Crippen molar-refractivity contribution < 1.29 is 14.3 Å². The fourth-order valence-corrected chi connectivity index (χ4v) is 3.73. The first-order valence-electron chi connectivity index (χ1n) is 8.40. The lowest BCUT2D eigenvalue weighted by molar-refractivity contribution is -0.120. The molecule has 138 valence electrons. The number of methoxy groups -OCH3 is 1. The van der Waals surface area contributed by atoms with Gasteiger partial charge in [0.05, 0.1) is 23.9 Å². The molecule has 27 heavy (non-hydrogen) atoms. The van der Waals surface area contributed by atoms with E-state index in [-0.39, 0.29) is 12.5 Å². The van der Waals surface area contributed by atoms with Gasteiger partial charge in [-0.3, -0.25) is 4.79 Å². The number of ether oxygens (including phenoxy) is 2. The minimum absolute atomic E-state index is 0.144. The number of carbonyl (C=O) groups excluding carboxylic acids is 1. The number of amides is 1. The van der Waals surface area contributed by atoms with Crippen LogP contribution in [-0.4, -0.2) is 24.2 Å². The molecule has 0 aliphatic rings. The van der Waals surface area contributed by atoms with E-state index in [4.69, 9.17) is 15.9 Å². The number of aryl methyl sites for hydroxylation is 2. The van der Waals surface area contributed by atoms with Crippen LogP contribution in [0.4, 0.5) is 0 Å². The van der Waals surface area contributed by atoms with E-state index in [0.29, 0.717) is 17.1 Å². The molecule has 6 heteroatoms. The summed E-state index contributed by atoms with van der Waals surface area (Å²) in [6, 6.07) is 11.2. The van der Waals surface area contributed by atoms with E-state index in [9.17, 15) is 4.79 Å². The molecule has 0 spiro atoms. The molecule has 2 aromatic carbocycles. The van der Waals surface area contributed by atoms with Crippen molar-refractivity contribution in [2.45, 2.75) is 20.4 Å². The second-order valence-electron chi connectivity index (χ2n) is 6.05. The Morgan fingerprint density at radius 1 is 1.19 bits per heavy atom. The van der Waals surface area contributed by atoms with Crippen molar-refractivity contribution in [3.63, 3.8) is 0 Å². The minimum atomic E-state index is -0.364. The van der Waals surface area contributed by atoms with Crippen LogP contribution < -0.4 is 14.3 Å². The lowest BCUT2D eigenvalue weighted by atomic mass is 10.1. The quantitative estimate of drug-likeness (QED) is 0.637. The Labute approximate surface area is 161 Å². The number of aromatic nitrogens is 1. The molecule has 1 heterocycles. The first-order chi connectivity index (χ1) is 13.0. The highest BCUT2D eigenvalue weighted by Gasteiger charge is 2.09. The van der Waals surface area contributed by atoms with Crippen LogP contribution in [0.1, 0.15) is 11.1 Å². The van der Waals surface area contributed by atoms with Gasteiger partial charge < -0.3 is 14.0 Å². The molecule has 3 aromatic rings. The second kappa shape index (κ2) is 8.11. The van der Waals surface area contributed by atoms with Gasteiger partial charge in [0.15, 0.2) is 11.4 Å². The number of carbonyl (C=O) groups is 1. The molecule has 0 fully saturated rings. The standard InChI is InChI=1S/C21H20N2O3S/c1-5-10-23-18-11-14(2)15(3)12-19(18)27-21(23)22-20(24)13-26-17-8-6-16(25-4)7-9-17/h1,6-9,11-12H,10,13H2,2-4H3. The molecule has 0 unspecified atom stereocenters. The summed E-state index contributed by atoms with van der Waals surface area (Å²) < 4.78 is 13.5. The summed E-state index contributed by atoms with van der Waals surface area (Å²) in [7, 11) is 1.59. The number of hydrogen-bond donors (Lipinski definition) is 0. The molecule has 3 rings (SSSR count). The molecule has 1 aromatic heterocycles. The second-order valence-corrected chi connectivity index (χ2v) is 7.06. The van der Waals surface area contributed by atoms with Gasteiger partial charge in [-0.05, 0) is 61.4 Å². The van der Waals surface area contributed by atoms with E-state index in [1.54, 1.807) is 31.4 Å². The third-order valence-electron chi connectivity index (χ3n) is 4.19. The molecule has 0 atom stereocenters. The topological polar surface area (TPSA) is 52.8 Å². The minimum Gasteiger partial charge on any atom is -0.497 e. The van der Waals surface area contributed by atoms with Crippen LogP contribution in [0.5, 0.6) is 11.5 Å². The molecule has 0 aliphatic heterocycles. The van der Waals surface area contributed by atoms with Gasteiger partial charge in [-0.25, -0.2) is 0 Å². The molecule has 0 aliphatic carbocycles. The maximum absolute atomic E-state index is 12.3. The van der Waals surface area contributed by atoms with Crippen molar-refractivity contribution in [2.75, 3.05) is 13.7 Å². The molecule has 5 nitrogen and oxygen atoms in total.